The second-order valence-electron chi connectivity index (χ2n) is 6.28. The van der Waals surface area contributed by atoms with E-state index in [1.807, 2.05) is 18.7 Å². The molecule has 0 radical (unpaired) electrons. The van der Waals surface area contributed by atoms with Crippen LogP contribution >= 0.6 is 11.3 Å². The van der Waals surface area contributed by atoms with Gasteiger partial charge in [-0.15, -0.1) is 13.2 Å². The number of nitrogens with zero attached hydrogens (tertiary/aromatic N) is 4. The van der Waals surface area contributed by atoms with Crippen LogP contribution in [0.15, 0.2) is 18.2 Å². The molecule has 0 saturated carbocycles. The third-order valence-corrected chi connectivity index (χ3v) is 5.39. The zero-order valence-electron chi connectivity index (χ0n) is 15.9. The number of halogens is 3. The molecule has 2 aromatic heterocycles. The van der Waals surface area contributed by atoms with Crippen LogP contribution in [0.3, 0.4) is 0 Å². The molecule has 0 amide bonds. The summed E-state index contributed by atoms with van der Waals surface area (Å²) in [7, 11) is 0. The van der Waals surface area contributed by atoms with Crippen molar-refractivity contribution in [3.63, 3.8) is 0 Å². The highest BCUT2D eigenvalue weighted by atomic mass is 32.1. The van der Waals surface area contributed by atoms with Gasteiger partial charge in [0, 0.05) is 30.4 Å². The predicted octanol–water partition coefficient (Wildman–Crippen LogP) is 4.29. The topological polar surface area (TPSA) is 80.5 Å². The van der Waals surface area contributed by atoms with Crippen LogP contribution < -0.4 is 9.64 Å². The smallest absolute Gasteiger partial charge is 0.476 e. The summed E-state index contributed by atoms with van der Waals surface area (Å²) >= 11 is 1.28. The van der Waals surface area contributed by atoms with Crippen molar-refractivity contribution in [2.45, 2.75) is 33.7 Å². The van der Waals surface area contributed by atoms with Gasteiger partial charge in [-0.2, -0.15) is 5.10 Å². The summed E-state index contributed by atoms with van der Waals surface area (Å²) < 4.78 is 44.4. The fourth-order valence-electron chi connectivity index (χ4n) is 2.94. The Hall–Kier alpha value is -2.82. The number of alkyl halides is 3. The molecule has 29 heavy (non-hydrogen) atoms. The lowest BCUT2D eigenvalue weighted by Gasteiger charge is -2.16. The van der Waals surface area contributed by atoms with E-state index in [0.717, 1.165) is 0 Å². The highest BCUT2D eigenvalue weighted by molar-refractivity contribution is 7.22. The van der Waals surface area contributed by atoms with Gasteiger partial charge in [-0.25, -0.2) is 9.78 Å². The average Bonchev–Trinajstić information content (AvgIpc) is 3.19. The molecule has 7 nitrogen and oxygen atoms in total. The molecule has 0 spiro atoms. The van der Waals surface area contributed by atoms with Crippen molar-refractivity contribution in [3.8, 4) is 5.75 Å². The van der Waals surface area contributed by atoms with E-state index in [1.165, 1.54) is 34.2 Å². The number of aromatic nitrogens is 3. The molecule has 156 valence electrons. The number of aryl methyl sites for hydroxylation is 1. The van der Waals surface area contributed by atoms with E-state index in [-0.39, 0.29) is 18.0 Å². The number of carboxylic acid groups (broad SMARTS) is 1. The third-order valence-electron chi connectivity index (χ3n) is 4.32. The maximum atomic E-state index is 12.8. The van der Waals surface area contributed by atoms with Crippen LogP contribution in [0.5, 0.6) is 5.75 Å². The molecular weight excluding hydrogens is 409 g/mol. The molecule has 3 rings (SSSR count). The van der Waals surface area contributed by atoms with Crippen LogP contribution in [0.25, 0.3) is 10.2 Å². The summed E-state index contributed by atoms with van der Waals surface area (Å²) in [4.78, 5) is 17.8. The van der Waals surface area contributed by atoms with Crippen molar-refractivity contribution in [1.29, 1.82) is 0 Å². The molecule has 1 aromatic carbocycles. The van der Waals surface area contributed by atoms with Gasteiger partial charge in [-0.1, -0.05) is 11.3 Å². The molecule has 0 atom stereocenters. The largest absolute Gasteiger partial charge is 0.573 e. The minimum Gasteiger partial charge on any atom is -0.476 e. The lowest BCUT2D eigenvalue weighted by Crippen LogP contribution is -2.21. The number of thiazole rings is 1. The van der Waals surface area contributed by atoms with Gasteiger partial charge in [0.15, 0.2) is 10.8 Å². The van der Waals surface area contributed by atoms with Crippen LogP contribution in [-0.4, -0.2) is 45.3 Å². The van der Waals surface area contributed by atoms with Crippen LogP contribution in [0.4, 0.5) is 18.3 Å². The second kappa shape index (κ2) is 7.90. The van der Waals surface area contributed by atoms with E-state index in [9.17, 15) is 18.0 Å². The van der Waals surface area contributed by atoms with E-state index < -0.39 is 12.3 Å². The number of hydrogen-bond donors (Lipinski definition) is 1. The summed E-state index contributed by atoms with van der Waals surface area (Å²) in [5, 5.41) is 13.8. The van der Waals surface area contributed by atoms with Gasteiger partial charge in [-0.3, -0.25) is 4.68 Å². The number of rotatable bonds is 7. The van der Waals surface area contributed by atoms with Crippen molar-refractivity contribution >= 4 is 32.7 Å². The van der Waals surface area contributed by atoms with Gasteiger partial charge in [0.25, 0.3) is 0 Å². The Morgan fingerprint density at radius 1 is 1.28 bits per heavy atom. The summed E-state index contributed by atoms with van der Waals surface area (Å²) in [6.45, 7) is 7.08. The molecule has 0 unspecified atom stereocenters. The number of anilines is 1. The maximum Gasteiger partial charge on any atom is 0.573 e. The third kappa shape index (κ3) is 4.61. The van der Waals surface area contributed by atoms with Crippen LogP contribution in [0.1, 0.15) is 35.6 Å². The van der Waals surface area contributed by atoms with Gasteiger partial charge < -0.3 is 14.7 Å². The standard InChI is InChI=1S/C18H19F3N4O3S/c1-4-24(5-2)17-22-15-11(9-25-10(3)6-13(23-25)16(26)27)7-12(8-14(15)29-17)28-18(19,20)21/h6-8H,4-5,9H2,1-3H3,(H,26,27). The van der Waals surface area contributed by atoms with Crippen molar-refractivity contribution in [1.82, 2.24) is 14.8 Å². The summed E-state index contributed by atoms with van der Waals surface area (Å²) in [6, 6.07) is 3.98. The molecule has 11 heteroatoms. The number of hydrogen-bond acceptors (Lipinski definition) is 6. The number of carbonyl (C=O) groups is 1. The Morgan fingerprint density at radius 3 is 2.52 bits per heavy atom. The number of aromatic carboxylic acids is 1. The normalized spacial score (nSPS) is 11.8. The molecule has 1 N–H and O–H groups in total. The molecule has 0 fully saturated rings. The predicted molar refractivity (Wildman–Crippen MR) is 103 cm³/mol. The summed E-state index contributed by atoms with van der Waals surface area (Å²) in [5.74, 6) is -1.53. The summed E-state index contributed by atoms with van der Waals surface area (Å²) in [6.07, 6.45) is -4.82. The first-order chi connectivity index (χ1) is 13.6. The lowest BCUT2D eigenvalue weighted by molar-refractivity contribution is -0.274. The van der Waals surface area contributed by atoms with E-state index in [1.54, 1.807) is 6.92 Å². The first-order valence-corrected chi connectivity index (χ1v) is 9.64. The number of fused-ring (bicyclic) bond motifs is 1. The lowest BCUT2D eigenvalue weighted by atomic mass is 10.2. The molecule has 0 aliphatic rings. The van der Waals surface area contributed by atoms with E-state index in [4.69, 9.17) is 5.11 Å². The number of ether oxygens (including phenoxy) is 1. The second-order valence-corrected chi connectivity index (χ2v) is 7.29. The Labute approximate surface area is 168 Å². The van der Waals surface area contributed by atoms with Crippen molar-refractivity contribution < 1.29 is 27.8 Å². The molecule has 0 saturated heterocycles. The molecule has 0 aliphatic carbocycles. The Balaban J connectivity index is 2.10. The van der Waals surface area contributed by atoms with Crippen molar-refractivity contribution in [2.24, 2.45) is 0 Å². The zero-order valence-corrected chi connectivity index (χ0v) is 16.8. The van der Waals surface area contributed by atoms with E-state index >= 15 is 0 Å². The quantitative estimate of drug-likeness (QED) is 0.605. The highest BCUT2D eigenvalue weighted by Gasteiger charge is 2.31. The molecule has 2 heterocycles. The molecular formula is C18H19F3N4O3S. The zero-order chi connectivity index (χ0) is 21.3. The first kappa shape index (κ1) is 20.9. The Kier molecular flexibility index (Phi) is 5.69. The SMILES string of the molecule is CCN(CC)c1nc2c(Cn3nc(C(=O)O)cc3C)cc(OC(F)(F)F)cc2s1. The Morgan fingerprint density at radius 2 is 1.97 bits per heavy atom. The Bertz CT molecular complexity index is 1040. The number of carboxylic acids is 1. The minimum absolute atomic E-state index is 0.0616. The van der Waals surface area contributed by atoms with E-state index in [0.29, 0.717) is 39.7 Å². The van der Waals surface area contributed by atoms with Crippen LogP contribution in [0.2, 0.25) is 0 Å². The maximum absolute atomic E-state index is 12.8. The highest BCUT2D eigenvalue weighted by Crippen LogP contribution is 2.36. The minimum atomic E-state index is -4.82. The molecule has 3 aromatic rings. The van der Waals surface area contributed by atoms with Gasteiger partial charge in [0.05, 0.1) is 16.8 Å². The van der Waals surface area contributed by atoms with Crippen LogP contribution in [-0.2, 0) is 6.54 Å². The average molecular weight is 428 g/mol. The summed E-state index contributed by atoms with van der Waals surface area (Å²) in [5.41, 5.74) is 1.43. The molecule has 0 aliphatic heterocycles. The van der Waals surface area contributed by atoms with Gasteiger partial charge in [-0.05, 0) is 32.9 Å². The van der Waals surface area contributed by atoms with Gasteiger partial charge in [0.2, 0.25) is 0 Å². The van der Waals surface area contributed by atoms with E-state index in [2.05, 4.69) is 14.8 Å². The van der Waals surface area contributed by atoms with Gasteiger partial charge >= 0.3 is 12.3 Å². The van der Waals surface area contributed by atoms with Gasteiger partial charge in [0.1, 0.15) is 5.75 Å². The van der Waals surface area contributed by atoms with Crippen molar-refractivity contribution in [2.75, 3.05) is 18.0 Å². The van der Waals surface area contributed by atoms with Crippen molar-refractivity contribution in [3.05, 3.63) is 35.2 Å². The fraction of sp³-hybridized carbons (Fsp3) is 0.389. The molecule has 0 bridgehead atoms. The number of benzene rings is 1. The monoisotopic (exact) mass is 428 g/mol. The first-order valence-electron chi connectivity index (χ1n) is 8.83. The van der Waals surface area contributed by atoms with Crippen LogP contribution in [0, 0.1) is 6.92 Å². The fourth-order valence-corrected chi connectivity index (χ4v) is 4.11.